The molecule has 1 aliphatic heterocycles. The molecule has 1 aliphatic rings. The maximum Gasteiger partial charge on any atom is 0.0873 e. The molecule has 0 aromatic rings. The van der Waals surface area contributed by atoms with Crippen LogP contribution in [0.25, 0.3) is 0 Å². The van der Waals surface area contributed by atoms with Crippen molar-refractivity contribution in [1.29, 1.82) is 0 Å². The number of hydrogen-bond acceptors (Lipinski definition) is 2. The lowest BCUT2D eigenvalue weighted by atomic mass is 9.76. The second kappa shape index (κ2) is 7.21. The summed E-state index contributed by atoms with van der Waals surface area (Å²) in [5.74, 6) is 2.73. The molecule has 15 heavy (non-hydrogen) atoms. The van der Waals surface area contributed by atoms with Gasteiger partial charge in [-0.2, -0.15) is 11.8 Å². The highest BCUT2D eigenvalue weighted by atomic mass is 32.2. The second-order valence-corrected chi connectivity index (χ2v) is 5.63. The highest BCUT2D eigenvalue weighted by Gasteiger charge is 2.29. The van der Waals surface area contributed by atoms with Gasteiger partial charge in [0.25, 0.3) is 0 Å². The summed E-state index contributed by atoms with van der Waals surface area (Å²) < 4.78 is 5.38. The molecule has 88 valence electrons. The van der Waals surface area contributed by atoms with E-state index in [4.69, 9.17) is 4.74 Å². The molecular formula is C13H24OS. The summed E-state index contributed by atoms with van der Waals surface area (Å²) in [6.07, 6.45) is 10.5. The zero-order valence-electron chi connectivity index (χ0n) is 10.1. The molecule has 0 spiro atoms. The number of ether oxygens (including phenoxy) is 1. The van der Waals surface area contributed by atoms with E-state index < -0.39 is 0 Å². The lowest BCUT2D eigenvalue weighted by Crippen LogP contribution is -2.25. The zero-order chi connectivity index (χ0) is 11.0. The molecule has 1 saturated heterocycles. The molecular weight excluding hydrogens is 204 g/mol. The first kappa shape index (κ1) is 13.0. The van der Waals surface area contributed by atoms with Crippen LogP contribution in [0.1, 0.15) is 46.0 Å². The first-order valence-electron chi connectivity index (χ1n) is 6.13. The maximum atomic E-state index is 5.38. The summed E-state index contributed by atoms with van der Waals surface area (Å²) in [5, 5.41) is 0. The SMILES string of the molecule is C/C=C/OCCCC1(CC)CCSCC1. The molecule has 0 atom stereocenters. The average Bonchev–Trinajstić information content (AvgIpc) is 2.30. The van der Waals surface area contributed by atoms with Gasteiger partial charge in [-0.1, -0.05) is 19.4 Å². The standard InChI is InChI=1S/C13H24OS/c1-3-9-14-10-5-6-13(4-2)7-11-15-12-8-13/h3,9H,4-8,10-12H2,1-2H3/b9-3+. The van der Waals surface area contributed by atoms with E-state index in [1.165, 1.54) is 43.6 Å². The summed E-state index contributed by atoms with van der Waals surface area (Å²) in [5.41, 5.74) is 0.643. The normalized spacial score (nSPS) is 20.7. The van der Waals surface area contributed by atoms with Gasteiger partial charge in [-0.05, 0) is 49.5 Å². The molecule has 1 nitrogen and oxygen atoms in total. The minimum atomic E-state index is 0.643. The van der Waals surface area contributed by atoms with Crippen LogP contribution in [0.15, 0.2) is 12.3 Å². The first-order valence-corrected chi connectivity index (χ1v) is 7.29. The summed E-state index contributed by atoms with van der Waals surface area (Å²) in [6.45, 7) is 5.23. The van der Waals surface area contributed by atoms with Crippen molar-refractivity contribution < 1.29 is 4.74 Å². The fourth-order valence-corrected chi connectivity index (χ4v) is 3.64. The van der Waals surface area contributed by atoms with E-state index in [1.807, 2.05) is 13.0 Å². The molecule has 1 rings (SSSR count). The maximum absolute atomic E-state index is 5.38. The molecule has 0 N–H and O–H groups in total. The van der Waals surface area contributed by atoms with Crippen molar-refractivity contribution in [1.82, 2.24) is 0 Å². The Bertz CT molecular complexity index is 183. The van der Waals surface area contributed by atoms with Crippen molar-refractivity contribution in [2.24, 2.45) is 5.41 Å². The third-order valence-electron chi connectivity index (χ3n) is 3.51. The van der Waals surface area contributed by atoms with Crippen LogP contribution in [0.5, 0.6) is 0 Å². The Morgan fingerprint density at radius 3 is 2.67 bits per heavy atom. The molecule has 0 aliphatic carbocycles. The molecule has 0 saturated carbocycles. The quantitative estimate of drug-likeness (QED) is 0.497. The third kappa shape index (κ3) is 4.50. The molecule has 2 heteroatoms. The monoisotopic (exact) mass is 228 g/mol. The summed E-state index contributed by atoms with van der Waals surface area (Å²) >= 11 is 2.12. The number of allylic oxidation sites excluding steroid dienone is 1. The van der Waals surface area contributed by atoms with E-state index in [0.29, 0.717) is 5.41 Å². The molecule has 0 aromatic heterocycles. The summed E-state index contributed by atoms with van der Waals surface area (Å²) in [6, 6.07) is 0. The largest absolute Gasteiger partial charge is 0.502 e. The first-order chi connectivity index (χ1) is 7.33. The predicted octanol–water partition coefficient (Wildman–Crippen LogP) is 4.24. The van der Waals surface area contributed by atoms with Crippen molar-refractivity contribution in [2.45, 2.75) is 46.0 Å². The lowest BCUT2D eigenvalue weighted by molar-refractivity contribution is 0.178. The number of hydrogen-bond donors (Lipinski definition) is 0. The van der Waals surface area contributed by atoms with E-state index in [9.17, 15) is 0 Å². The van der Waals surface area contributed by atoms with E-state index in [2.05, 4.69) is 18.7 Å². The van der Waals surface area contributed by atoms with Gasteiger partial charge >= 0.3 is 0 Å². The summed E-state index contributed by atoms with van der Waals surface area (Å²) in [4.78, 5) is 0. The molecule has 0 amide bonds. The Hall–Kier alpha value is -0.110. The smallest absolute Gasteiger partial charge is 0.0873 e. The van der Waals surface area contributed by atoms with Crippen molar-refractivity contribution in [3.63, 3.8) is 0 Å². The fraction of sp³-hybridized carbons (Fsp3) is 0.846. The van der Waals surface area contributed by atoms with Crippen molar-refractivity contribution >= 4 is 11.8 Å². The van der Waals surface area contributed by atoms with E-state index in [-0.39, 0.29) is 0 Å². The van der Waals surface area contributed by atoms with Crippen LogP contribution in [0, 0.1) is 5.41 Å². The van der Waals surface area contributed by atoms with Gasteiger partial charge in [0.05, 0.1) is 12.9 Å². The molecule has 0 radical (unpaired) electrons. The van der Waals surface area contributed by atoms with Gasteiger partial charge in [-0.15, -0.1) is 0 Å². The zero-order valence-corrected chi connectivity index (χ0v) is 10.9. The van der Waals surface area contributed by atoms with Gasteiger partial charge in [0, 0.05) is 0 Å². The van der Waals surface area contributed by atoms with Gasteiger partial charge in [0.15, 0.2) is 0 Å². The topological polar surface area (TPSA) is 9.23 Å². The Morgan fingerprint density at radius 1 is 1.33 bits per heavy atom. The van der Waals surface area contributed by atoms with Gasteiger partial charge in [-0.3, -0.25) is 0 Å². The van der Waals surface area contributed by atoms with Gasteiger partial charge < -0.3 is 4.74 Å². The van der Waals surface area contributed by atoms with Crippen molar-refractivity contribution in [3.05, 3.63) is 12.3 Å². The Labute approximate surface area is 98.7 Å². The van der Waals surface area contributed by atoms with E-state index in [1.54, 1.807) is 6.26 Å². The van der Waals surface area contributed by atoms with Crippen LogP contribution < -0.4 is 0 Å². The van der Waals surface area contributed by atoms with Gasteiger partial charge in [0.1, 0.15) is 0 Å². The predicted molar refractivity (Wildman–Crippen MR) is 69.3 cm³/mol. The average molecular weight is 228 g/mol. The molecule has 0 aromatic carbocycles. The Balaban J connectivity index is 2.20. The highest BCUT2D eigenvalue weighted by Crippen LogP contribution is 2.41. The Kier molecular flexibility index (Phi) is 6.23. The third-order valence-corrected chi connectivity index (χ3v) is 4.49. The van der Waals surface area contributed by atoms with Crippen LogP contribution >= 0.6 is 11.8 Å². The summed E-state index contributed by atoms with van der Waals surface area (Å²) in [7, 11) is 0. The number of rotatable bonds is 6. The lowest BCUT2D eigenvalue weighted by Gasteiger charge is -2.36. The van der Waals surface area contributed by atoms with Crippen LogP contribution in [0.3, 0.4) is 0 Å². The van der Waals surface area contributed by atoms with Gasteiger partial charge in [-0.25, -0.2) is 0 Å². The van der Waals surface area contributed by atoms with Gasteiger partial charge in [0.2, 0.25) is 0 Å². The van der Waals surface area contributed by atoms with Crippen LogP contribution in [-0.2, 0) is 4.74 Å². The molecule has 1 heterocycles. The fourth-order valence-electron chi connectivity index (χ4n) is 2.28. The van der Waals surface area contributed by atoms with Crippen LogP contribution in [-0.4, -0.2) is 18.1 Å². The van der Waals surface area contributed by atoms with Crippen molar-refractivity contribution in [2.75, 3.05) is 18.1 Å². The van der Waals surface area contributed by atoms with Crippen molar-refractivity contribution in [3.8, 4) is 0 Å². The minimum Gasteiger partial charge on any atom is -0.502 e. The minimum absolute atomic E-state index is 0.643. The van der Waals surface area contributed by atoms with E-state index >= 15 is 0 Å². The molecule has 0 bridgehead atoms. The van der Waals surface area contributed by atoms with Crippen LogP contribution in [0.2, 0.25) is 0 Å². The van der Waals surface area contributed by atoms with Crippen LogP contribution in [0.4, 0.5) is 0 Å². The second-order valence-electron chi connectivity index (χ2n) is 4.41. The molecule has 1 fully saturated rings. The highest BCUT2D eigenvalue weighted by molar-refractivity contribution is 7.99. The number of thioether (sulfide) groups is 1. The Morgan fingerprint density at radius 2 is 2.07 bits per heavy atom. The molecule has 0 unspecified atom stereocenters. The van der Waals surface area contributed by atoms with E-state index in [0.717, 1.165) is 6.61 Å².